The number of halogens is 2. The fraction of sp³-hybridized carbons (Fsp3) is 0.455. The van der Waals surface area contributed by atoms with Gasteiger partial charge in [0, 0.05) is 19.3 Å². The second kappa shape index (κ2) is 6.18. The van der Waals surface area contributed by atoms with Gasteiger partial charge >= 0.3 is 0 Å². The highest BCUT2D eigenvalue weighted by atomic mass is 79.9. The summed E-state index contributed by atoms with van der Waals surface area (Å²) in [5, 5.41) is 12.4. The van der Waals surface area contributed by atoms with Crippen molar-refractivity contribution in [3.8, 4) is 0 Å². The van der Waals surface area contributed by atoms with Gasteiger partial charge in [-0.1, -0.05) is 0 Å². The van der Waals surface area contributed by atoms with Crippen molar-refractivity contribution in [1.82, 2.24) is 0 Å². The number of hydrogen-bond donors (Lipinski definition) is 2. The van der Waals surface area contributed by atoms with E-state index < -0.39 is 6.10 Å². The number of hydrogen-bond acceptors (Lipinski definition) is 3. The number of nitrogens with one attached hydrogen (secondary N) is 1. The predicted molar refractivity (Wildman–Crippen MR) is 65.2 cm³/mol. The van der Waals surface area contributed by atoms with Crippen LogP contribution in [-0.2, 0) is 4.74 Å². The molecule has 0 spiro atoms. The topological polar surface area (TPSA) is 41.5 Å². The molecular weight excluding hydrogens is 277 g/mol. The molecule has 2 N–H and O–H groups in total. The lowest BCUT2D eigenvalue weighted by Crippen LogP contribution is -2.24. The summed E-state index contributed by atoms with van der Waals surface area (Å²) in [5.74, 6) is -0.325. The highest BCUT2D eigenvalue weighted by Crippen LogP contribution is 2.23. The maximum atomic E-state index is 13.3. The van der Waals surface area contributed by atoms with Crippen molar-refractivity contribution in [2.75, 3.05) is 25.6 Å². The Hall–Kier alpha value is -0.650. The zero-order valence-corrected chi connectivity index (χ0v) is 10.8. The van der Waals surface area contributed by atoms with Crippen LogP contribution in [0, 0.1) is 12.7 Å². The highest BCUT2D eigenvalue weighted by Gasteiger charge is 2.07. The average Bonchev–Trinajstić information content (AvgIpc) is 2.22. The number of aliphatic hydroxyl groups is 1. The first kappa shape index (κ1) is 13.4. The van der Waals surface area contributed by atoms with Gasteiger partial charge in [0.1, 0.15) is 5.82 Å². The van der Waals surface area contributed by atoms with Crippen molar-refractivity contribution < 1.29 is 14.2 Å². The van der Waals surface area contributed by atoms with Crippen LogP contribution in [-0.4, -0.2) is 31.5 Å². The molecule has 0 fully saturated rings. The van der Waals surface area contributed by atoms with Crippen molar-refractivity contribution in [3.63, 3.8) is 0 Å². The Labute approximate surface area is 103 Å². The van der Waals surface area contributed by atoms with Crippen molar-refractivity contribution in [1.29, 1.82) is 0 Å². The van der Waals surface area contributed by atoms with Crippen LogP contribution in [0.4, 0.5) is 10.1 Å². The van der Waals surface area contributed by atoms with Crippen LogP contribution < -0.4 is 5.32 Å². The van der Waals surface area contributed by atoms with Gasteiger partial charge in [-0.15, -0.1) is 0 Å². The van der Waals surface area contributed by atoms with E-state index >= 15 is 0 Å². The summed E-state index contributed by atoms with van der Waals surface area (Å²) in [6.45, 7) is 2.45. The molecule has 0 radical (unpaired) electrons. The summed E-state index contributed by atoms with van der Waals surface area (Å²) in [6.07, 6.45) is -0.601. The summed E-state index contributed by atoms with van der Waals surface area (Å²) in [7, 11) is 1.52. The molecule has 0 heterocycles. The molecule has 1 atom stereocenters. The van der Waals surface area contributed by atoms with E-state index in [4.69, 9.17) is 4.74 Å². The Balaban J connectivity index is 2.63. The molecule has 0 aliphatic heterocycles. The molecule has 1 aromatic carbocycles. The van der Waals surface area contributed by atoms with E-state index in [1.165, 1.54) is 13.2 Å². The molecule has 16 heavy (non-hydrogen) atoms. The molecule has 0 aliphatic carbocycles. The molecule has 1 aromatic rings. The Morgan fingerprint density at radius 1 is 1.56 bits per heavy atom. The monoisotopic (exact) mass is 291 g/mol. The summed E-state index contributed by atoms with van der Waals surface area (Å²) in [4.78, 5) is 0. The Kier molecular flexibility index (Phi) is 5.18. The number of rotatable bonds is 5. The van der Waals surface area contributed by atoms with Crippen LogP contribution in [0.1, 0.15) is 5.56 Å². The minimum absolute atomic E-state index is 0.255. The van der Waals surface area contributed by atoms with Crippen molar-refractivity contribution in [3.05, 3.63) is 28.0 Å². The second-order valence-electron chi connectivity index (χ2n) is 3.57. The smallest absolute Gasteiger partial charge is 0.139 e. The van der Waals surface area contributed by atoms with E-state index in [1.807, 2.05) is 6.92 Å². The maximum Gasteiger partial charge on any atom is 0.139 e. The first-order valence-corrected chi connectivity index (χ1v) is 5.70. The fourth-order valence-electron chi connectivity index (χ4n) is 1.32. The Morgan fingerprint density at radius 2 is 2.25 bits per heavy atom. The van der Waals surface area contributed by atoms with Crippen molar-refractivity contribution in [2.45, 2.75) is 13.0 Å². The van der Waals surface area contributed by atoms with Gasteiger partial charge in [0.05, 0.1) is 17.2 Å². The summed E-state index contributed by atoms with van der Waals surface area (Å²) in [5.41, 5.74) is 1.59. The molecule has 0 saturated carbocycles. The highest BCUT2D eigenvalue weighted by molar-refractivity contribution is 9.10. The predicted octanol–water partition coefficient (Wildman–Crippen LogP) is 2.32. The second-order valence-corrected chi connectivity index (χ2v) is 4.43. The maximum absolute atomic E-state index is 13.3. The summed E-state index contributed by atoms with van der Waals surface area (Å²) in [6, 6.07) is 3.10. The third kappa shape index (κ3) is 3.73. The van der Waals surface area contributed by atoms with Crippen LogP contribution in [0.15, 0.2) is 16.6 Å². The van der Waals surface area contributed by atoms with Crippen LogP contribution in [0.2, 0.25) is 0 Å². The largest absolute Gasteiger partial charge is 0.389 e. The quantitative estimate of drug-likeness (QED) is 0.875. The van der Waals surface area contributed by atoms with Gasteiger partial charge < -0.3 is 15.2 Å². The minimum Gasteiger partial charge on any atom is -0.389 e. The summed E-state index contributed by atoms with van der Waals surface area (Å²) >= 11 is 3.11. The van der Waals surface area contributed by atoms with Gasteiger partial charge in [0.25, 0.3) is 0 Å². The lowest BCUT2D eigenvalue weighted by atomic mass is 10.2. The number of benzene rings is 1. The lowest BCUT2D eigenvalue weighted by molar-refractivity contribution is 0.0727. The average molecular weight is 292 g/mol. The number of aryl methyl sites for hydroxylation is 1. The van der Waals surface area contributed by atoms with Gasteiger partial charge in [0.15, 0.2) is 0 Å². The fourth-order valence-corrected chi connectivity index (χ4v) is 1.77. The van der Waals surface area contributed by atoms with E-state index in [9.17, 15) is 9.50 Å². The van der Waals surface area contributed by atoms with E-state index in [0.717, 1.165) is 5.56 Å². The molecule has 3 nitrogen and oxygen atoms in total. The molecule has 0 amide bonds. The van der Waals surface area contributed by atoms with Crippen molar-refractivity contribution >= 4 is 21.6 Å². The lowest BCUT2D eigenvalue weighted by Gasteiger charge is -2.14. The first-order chi connectivity index (χ1) is 7.54. The minimum atomic E-state index is -0.601. The van der Waals surface area contributed by atoms with Crippen LogP contribution in [0.25, 0.3) is 0 Å². The molecule has 1 rings (SSSR count). The zero-order valence-electron chi connectivity index (χ0n) is 9.26. The third-order valence-corrected chi connectivity index (χ3v) is 2.76. The molecule has 0 aliphatic rings. The van der Waals surface area contributed by atoms with Crippen LogP contribution in [0.3, 0.4) is 0 Å². The van der Waals surface area contributed by atoms with Crippen LogP contribution in [0.5, 0.6) is 0 Å². The van der Waals surface area contributed by atoms with Gasteiger partial charge in [-0.3, -0.25) is 0 Å². The molecule has 90 valence electrons. The number of ether oxygens (including phenoxy) is 1. The van der Waals surface area contributed by atoms with Gasteiger partial charge in [-0.2, -0.15) is 0 Å². The zero-order chi connectivity index (χ0) is 12.1. The molecule has 0 aromatic heterocycles. The van der Waals surface area contributed by atoms with E-state index in [0.29, 0.717) is 16.7 Å². The number of aliphatic hydroxyl groups excluding tert-OH is 1. The number of anilines is 1. The van der Waals surface area contributed by atoms with E-state index in [2.05, 4.69) is 21.2 Å². The van der Waals surface area contributed by atoms with E-state index in [1.54, 1.807) is 6.07 Å². The third-order valence-electron chi connectivity index (χ3n) is 2.15. The van der Waals surface area contributed by atoms with Gasteiger partial charge in [0.2, 0.25) is 0 Å². The normalized spacial score (nSPS) is 12.6. The SMILES string of the molecule is COCC(O)CNc1cc(F)c(Br)cc1C. The van der Waals surface area contributed by atoms with Crippen LogP contribution >= 0.6 is 15.9 Å². The van der Waals surface area contributed by atoms with Gasteiger partial charge in [-0.05, 0) is 40.5 Å². The molecule has 0 saturated heterocycles. The molecule has 0 bridgehead atoms. The Bertz CT molecular complexity index is 360. The molecule has 1 unspecified atom stereocenters. The molecule has 5 heteroatoms. The van der Waals surface area contributed by atoms with Crippen molar-refractivity contribution in [2.24, 2.45) is 0 Å². The standard InChI is InChI=1S/C11H15BrFNO2/c1-7-3-9(12)10(13)4-11(7)14-5-8(15)6-16-2/h3-4,8,14-15H,5-6H2,1-2H3. The summed E-state index contributed by atoms with van der Waals surface area (Å²) < 4.78 is 18.5. The molecular formula is C11H15BrFNO2. The Morgan fingerprint density at radius 3 is 2.88 bits per heavy atom. The van der Waals surface area contributed by atoms with E-state index in [-0.39, 0.29) is 12.4 Å². The first-order valence-electron chi connectivity index (χ1n) is 4.91. The number of methoxy groups -OCH3 is 1. The van der Waals surface area contributed by atoms with Gasteiger partial charge in [-0.25, -0.2) is 4.39 Å².